The molecule has 0 fully saturated rings. The lowest BCUT2D eigenvalue weighted by molar-refractivity contribution is 0.0432. The Labute approximate surface area is 122 Å². The van der Waals surface area contributed by atoms with Gasteiger partial charge in [-0.25, -0.2) is 0 Å². The predicted molar refractivity (Wildman–Crippen MR) is 81.4 cm³/mol. The standard InChI is InChI=1S/C17H26O3/c1-4-5-10-19-11-12-20-13-17(18)16-8-6-15(7-9-16)14(2)3/h6-9,14H,4-5,10-13H2,1-3H3. The molecule has 0 spiro atoms. The van der Waals surface area contributed by atoms with Crippen molar-refractivity contribution in [2.75, 3.05) is 26.4 Å². The number of carbonyl (C=O) groups is 1. The van der Waals surface area contributed by atoms with Crippen molar-refractivity contribution < 1.29 is 14.3 Å². The third kappa shape index (κ3) is 6.31. The number of carbonyl (C=O) groups excluding carboxylic acids is 1. The van der Waals surface area contributed by atoms with Gasteiger partial charge >= 0.3 is 0 Å². The van der Waals surface area contributed by atoms with Crippen LogP contribution in [0.2, 0.25) is 0 Å². The zero-order chi connectivity index (χ0) is 14.8. The van der Waals surface area contributed by atoms with E-state index in [1.807, 2.05) is 24.3 Å². The molecule has 0 N–H and O–H groups in total. The van der Waals surface area contributed by atoms with Crippen molar-refractivity contribution in [2.45, 2.75) is 39.5 Å². The molecular weight excluding hydrogens is 252 g/mol. The maximum Gasteiger partial charge on any atom is 0.188 e. The first-order valence-electron chi connectivity index (χ1n) is 7.43. The van der Waals surface area contributed by atoms with Gasteiger partial charge in [-0.1, -0.05) is 51.5 Å². The number of ether oxygens (including phenoxy) is 2. The van der Waals surface area contributed by atoms with Crippen molar-refractivity contribution in [3.05, 3.63) is 35.4 Å². The molecule has 0 aliphatic rings. The highest BCUT2D eigenvalue weighted by Crippen LogP contribution is 2.14. The Bertz CT molecular complexity index is 382. The molecule has 20 heavy (non-hydrogen) atoms. The van der Waals surface area contributed by atoms with Crippen molar-refractivity contribution >= 4 is 5.78 Å². The Kier molecular flexibility index (Phi) is 8.16. The van der Waals surface area contributed by atoms with Gasteiger partial charge in [-0.05, 0) is 17.9 Å². The SMILES string of the molecule is CCCCOCCOCC(=O)c1ccc(C(C)C)cc1. The molecule has 0 radical (unpaired) electrons. The highest BCUT2D eigenvalue weighted by molar-refractivity contribution is 5.97. The largest absolute Gasteiger partial charge is 0.379 e. The number of rotatable bonds is 10. The van der Waals surface area contributed by atoms with Gasteiger partial charge in [0.15, 0.2) is 5.78 Å². The summed E-state index contributed by atoms with van der Waals surface area (Å²) in [6, 6.07) is 7.76. The zero-order valence-corrected chi connectivity index (χ0v) is 12.9. The summed E-state index contributed by atoms with van der Waals surface area (Å²) in [5, 5.41) is 0. The number of unbranched alkanes of at least 4 members (excludes halogenated alkanes) is 1. The highest BCUT2D eigenvalue weighted by atomic mass is 16.5. The molecule has 0 saturated heterocycles. The lowest BCUT2D eigenvalue weighted by Gasteiger charge is -2.07. The van der Waals surface area contributed by atoms with E-state index in [4.69, 9.17) is 9.47 Å². The van der Waals surface area contributed by atoms with Gasteiger partial charge in [0.05, 0.1) is 13.2 Å². The Morgan fingerprint density at radius 2 is 1.70 bits per heavy atom. The van der Waals surface area contributed by atoms with Crippen LogP contribution in [0.25, 0.3) is 0 Å². The van der Waals surface area contributed by atoms with Gasteiger partial charge in [0.1, 0.15) is 6.61 Å². The summed E-state index contributed by atoms with van der Waals surface area (Å²) in [5.74, 6) is 0.504. The number of Topliss-reactive ketones (excluding diaryl/α,β-unsaturated/α-hetero) is 1. The summed E-state index contributed by atoms with van der Waals surface area (Å²) in [7, 11) is 0. The van der Waals surface area contributed by atoms with E-state index in [-0.39, 0.29) is 12.4 Å². The number of hydrogen-bond donors (Lipinski definition) is 0. The van der Waals surface area contributed by atoms with E-state index >= 15 is 0 Å². The van der Waals surface area contributed by atoms with E-state index in [1.165, 1.54) is 5.56 Å². The monoisotopic (exact) mass is 278 g/mol. The lowest BCUT2D eigenvalue weighted by atomic mass is 10.0. The quantitative estimate of drug-likeness (QED) is 0.482. The molecule has 0 amide bonds. The van der Waals surface area contributed by atoms with Crippen LogP contribution in [0.1, 0.15) is 55.5 Å². The van der Waals surface area contributed by atoms with Gasteiger partial charge in [-0.3, -0.25) is 4.79 Å². The summed E-state index contributed by atoms with van der Waals surface area (Å²) in [5.41, 5.74) is 1.95. The van der Waals surface area contributed by atoms with Gasteiger partial charge < -0.3 is 9.47 Å². The van der Waals surface area contributed by atoms with Crippen LogP contribution in [0.15, 0.2) is 24.3 Å². The number of hydrogen-bond acceptors (Lipinski definition) is 3. The van der Waals surface area contributed by atoms with Crippen LogP contribution in [-0.2, 0) is 9.47 Å². The molecule has 1 aromatic rings. The van der Waals surface area contributed by atoms with Gasteiger partial charge in [0, 0.05) is 12.2 Å². The average Bonchev–Trinajstić information content (AvgIpc) is 2.46. The predicted octanol–water partition coefficient (Wildman–Crippen LogP) is 3.83. The van der Waals surface area contributed by atoms with Crippen LogP contribution in [0.3, 0.4) is 0 Å². The second kappa shape index (κ2) is 9.67. The second-order valence-corrected chi connectivity index (χ2v) is 5.22. The maximum absolute atomic E-state index is 11.9. The molecule has 1 aromatic carbocycles. The van der Waals surface area contributed by atoms with Gasteiger partial charge in [-0.15, -0.1) is 0 Å². The van der Waals surface area contributed by atoms with E-state index in [1.54, 1.807) is 0 Å². The normalized spacial score (nSPS) is 11.0. The van der Waals surface area contributed by atoms with Crippen molar-refractivity contribution in [1.82, 2.24) is 0 Å². The maximum atomic E-state index is 11.9. The molecule has 0 heterocycles. The molecule has 0 unspecified atom stereocenters. The second-order valence-electron chi connectivity index (χ2n) is 5.22. The lowest BCUT2D eigenvalue weighted by Crippen LogP contribution is -2.13. The fourth-order valence-electron chi connectivity index (χ4n) is 1.77. The summed E-state index contributed by atoms with van der Waals surface area (Å²) in [4.78, 5) is 11.9. The van der Waals surface area contributed by atoms with Crippen LogP contribution in [-0.4, -0.2) is 32.2 Å². The van der Waals surface area contributed by atoms with Gasteiger partial charge in [-0.2, -0.15) is 0 Å². The van der Waals surface area contributed by atoms with E-state index in [2.05, 4.69) is 20.8 Å². The van der Waals surface area contributed by atoms with Gasteiger partial charge in [0.2, 0.25) is 0 Å². The van der Waals surface area contributed by atoms with Crippen LogP contribution < -0.4 is 0 Å². The van der Waals surface area contributed by atoms with E-state index in [0.717, 1.165) is 19.4 Å². The van der Waals surface area contributed by atoms with Gasteiger partial charge in [0.25, 0.3) is 0 Å². The molecular formula is C17H26O3. The fourth-order valence-corrected chi connectivity index (χ4v) is 1.77. The molecule has 112 valence electrons. The molecule has 0 atom stereocenters. The topological polar surface area (TPSA) is 35.5 Å². The smallest absolute Gasteiger partial charge is 0.188 e. The molecule has 0 aromatic heterocycles. The molecule has 0 bridgehead atoms. The van der Waals surface area contributed by atoms with Crippen molar-refractivity contribution in [3.8, 4) is 0 Å². The van der Waals surface area contributed by atoms with Crippen molar-refractivity contribution in [3.63, 3.8) is 0 Å². The van der Waals surface area contributed by atoms with Crippen molar-refractivity contribution in [2.24, 2.45) is 0 Å². The van der Waals surface area contributed by atoms with E-state index < -0.39 is 0 Å². The van der Waals surface area contributed by atoms with Crippen LogP contribution >= 0.6 is 0 Å². The average molecular weight is 278 g/mol. The summed E-state index contributed by atoms with van der Waals surface area (Å²) in [6.45, 7) is 8.32. The zero-order valence-electron chi connectivity index (χ0n) is 12.9. The molecule has 0 aliphatic carbocycles. The third-order valence-electron chi connectivity index (χ3n) is 3.15. The fraction of sp³-hybridized carbons (Fsp3) is 0.588. The Morgan fingerprint density at radius 3 is 2.30 bits per heavy atom. The van der Waals surface area contributed by atoms with Crippen LogP contribution in [0.5, 0.6) is 0 Å². The molecule has 3 nitrogen and oxygen atoms in total. The third-order valence-corrected chi connectivity index (χ3v) is 3.15. The molecule has 0 aliphatic heterocycles. The Hall–Kier alpha value is -1.19. The summed E-state index contributed by atoms with van der Waals surface area (Å²) >= 11 is 0. The summed E-state index contributed by atoms with van der Waals surface area (Å²) in [6.07, 6.45) is 2.20. The van der Waals surface area contributed by atoms with E-state index in [0.29, 0.717) is 24.7 Å². The van der Waals surface area contributed by atoms with Crippen LogP contribution in [0, 0.1) is 0 Å². The molecule has 1 rings (SSSR count). The molecule has 0 saturated carbocycles. The minimum Gasteiger partial charge on any atom is -0.379 e. The van der Waals surface area contributed by atoms with Crippen LogP contribution in [0.4, 0.5) is 0 Å². The highest BCUT2D eigenvalue weighted by Gasteiger charge is 2.06. The molecule has 3 heteroatoms. The number of benzene rings is 1. The number of ketones is 1. The van der Waals surface area contributed by atoms with Crippen molar-refractivity contribution in [1.29, 1.82) is 0 Å². The Morgan fingerprint density at radius 1 is 1.05 bits per heavy atom. The Balaban J connectivity index is 2.22. The summed E-state index contributed by atoms with van der Waals surface area (Å²) < 4.78 is 10.7. The first-order chi connectivity index (χ1) is 9.65. The minimum absolute atomic E-state index is 0.0221. The first-order valence-corrected chi connectivity index (χ1v) is 7.43. The first kappa shape index (κ1) is 16.9. The van der Waals surface area contributed by atoms with E-state index in [9.17, 15) is 4.79 Å². The minimum atomic E-state index is 0.0221.